The lowest BCUT2D eigenvalue weighted by Crippen LogP contribution is -2.25. The lowest BCUT2D eigenvalue weighted by atomic mass is 10.2. The number of ether oxygens (including phenoxy) is 1. The van der Waals surface area contributed by atoms with Gasteiger partial charge < -0.3 is 10.1 Å². The highest BCUT2D eigenvalue weighted by Gasteiger charge is 2.07. The fourth-order valence-corrected chi connectivity index (χ4v) is 1.41. The van der Waals surface area contributed by atoms with E-state index >= 15 is 0 Å². The van der Waals surface area contributed by atoms with Crippen LogP contribution in [-0.4, -0.2) is 19.7 Å². The van der Waals surface area contributed by atoms with E-state index in [0.29, 0.717) is 6.61 Å². The number of halogens is 2. The maximum Gasteiger partial charge on any atom is 0.167 e. The largest absolute Gasteiger partial charge is 0.490 e. The summed E-state index contributed by atoms with van der Waals surface area (Å²) in [5, 5.41) is 3.26. The van der Waals surface area contributed by atoms with Crippen molar-refractivity contribution < 1.29 is 13.5 Å². The molecule has 0 radical (unpaired) electrons. The van der Waals surface area contributed by atoms with Crippen LogP contribution in [0.2, 0.25) is 0 Å². The zero-order valence-corrected chi connectivity index (χ0v) is 10.3. The van der Waals surface area contributed by atoms with Gasteiger partial charge in [0.15, 0.2) is 11.6 Å². The van der Waals surface area contributed by atoms with E-state index in [4.69, 9.17) is 4.74 Å². The average molecular weight is 243 g/mol. The van der Waals surface area contributed by atoms with Crippen molar-refractivity contribution >= 4 is 0 Å². The number of nitrogens with one attached hydrogen (secondary N) is 1. The molecule has 0 fully saturated rings. The van der Waals surface area contributed by atoms with Crippen molar-refractivity contribution in [1.82, 2.24) is 5.32 Å². The summed E-state index contributed by atoms with van der Waals surface area (Å²) in [6.45, 7) is 6.33. The highest BCUT2D eigenvalue weighted by molar-refractivity contribution is 5.24. The van der Waals surface area contributed by atoms with Crippen LogP contribution in [0.15, 0.2) is 18.2 Å². The van der Waals surface area contributed by atoms with Gasteiger partial charge >= 0.3 is 0 Å². The van der Waals surface area contributed by atoms with Crippen molar-refractivity contribution in [2.75, 3.05) is 19.7 Å². The summed E-state index contributed by atoms with van der Waals surface area (Å²) < 4.78 is 31.2. The first kappa shape index (κ1) is 13.9. The van der Waals surface area contributed by atoms with Crippen molar-refractivity contribution in [3.8, 4) is 5.75 Å². The van der Waals surface area contributed by atoms with Gasteiger partial charge in [-0.1, -0.05) is 13.8 Å². The van der Waals surface area contributed by atoms with Crippen LogP contribution in [-0.2, 0) is 0 Å². The molecule has 0 bridgehead atoms. The fraction of sp³-hybridized carbons (Fsp3) is 0.538. The molecule has 96 valence electrons. The van der Waals surface area contributed by atoms with E-state index in [9.17, 15) is 8.78 Å². The third kappa shape index (κ3) is 5.13. The van der Waals surface area contributed by atoms with Crippen molar-refractivity contribution in [3.63, 3.8) is 0 Å². The quantitative estimate of drug-likeness (QED) is 0.743. The zero-order chi connectivity index (χ0) is 12.7. The maximum absolute atomic E-state index is 13.2. The van der Waals surface area contributed by atoms with Gasteiger partial charge in [-0.25, -0.2) is 8.78 Å². The maximum atomic E-state index is 13.2. The average Bonchev–Trinajstić information content (AvgIpc) is 2.28. The summed E-state index contributed by atoms with van der Waals surface area (Å²) in [6, 6.07) is 3.34. The number of rotatable bonds is 7. The molecule has 0 spiro atoms. The van der Waals surface area contributed by atoms with E-state index in [1.54, 1.807) is 0 Å². The van der Waals surface area contributed by atoms with Gasteiger partial charge in [0.05, 0.1) is 6.61 Å². The summed E-state index contributed by atoms with van der Waals surface area (Å²) in [6.07, 6.45) is 1.08. The van der Waals surface area contributed by atoms with Gasteiger partial charge in [0.1, 0.15) is 5.82 Å². The number of benzene rings is 1. The van der Waals surface area contributed by atoms with Gasteiger partial charge in [-0.3, -0.25) is 0 Å². The Morgan fingerprint density at radius 2 is 2.12 bits per heavy atom. The third-order valence-corrected chi connectivity index (χ3v) is 2.34. The molecule has 1 aromatic carbocycles. The molecule has 0 saturated heterocycles. The Morgan fingerprint density at radius 3 is 2.76 bits per heavy atom. The highest BCUT2D eigenvalue weighted by Crippen LogP contribution is 2.18. The van der Waals surface area contributed by atoms with Crippen molar-refractivity contribution in [3.05, 3.63) is 29.8 Å². The fourth-order valence-electron chi connectivity index (χ4n) is 1.41. The predicted octanol–water partition coefficient (Wildman–Crippen LogP) is 2.98. The second kappa shape index (κ2) is 7.22. The molecule has 4 heteroatoms. The van der Waals surface area contributed by atoms with Crippen LogP contribution in [0.1, 0.15) is 20.3 Å². The monoisotopic (exact) mass is 243 g/mol. The molecule has 0 aliphatic carbocycles. The number of hydrogen-bond acceptors (Lipinski definition) is 2. The Labute approximate surface area is 101 Å². The van der Waals surface area contributed by atoms with Crippen LogP contribution in [0.5, 0.6) is 5.75 Å². The van der Waals surface area contributed by atoms with Gasteiger partial charge in [-0.05, 0) is 25.1 Å². The molecule has 1 aromatic rings. The third-order valence-electron chi connectivity index (χ3n) is 2.34. The molecule has 0 heterocycles. The van der Waals surface area contributed by atoms with Crippen molar-refractivity contribution in [1.29, 1.82) is 0 Å². The summed E-state index contributed by atoms with van der Waals surface area (Å²) in [5.41, 5.74) is 0. The van der Waals surface area contributed by atoms with Gasteiger partial charge in [-0.15, -0.1) is 0 Å². The topological polar surface area (TPSA) is 21.3 Å². The molecule has 0 aliphatic rings. The van der Waals surface area contributed by atoms with Crippen LogP contribution in [0, 0.1) is 17.6 Å². The normalized spacial score (nSPS) is 12.5. The molecule has 1 unspecified atom stereocenters. The Hall–Kier alpha value is -1.16. The zero-order valence-electron chi connectivity index (χ0n) is 10.3. The van der Waals surface area contributed by atoms with E-state index < -0.39 is 11.6 Å². The van der Waals surface area contributed by atoms with Gasteiger partial charge in [0.25, 0.3) is 0 Å². The van der Waals surface area contributed by atoms with Gasteiger partial charge in [-0.2, -0.15) is 0 Å². The van der Waals surface area contributed by atoms with Crippen LogP contribution < -0.4 is 10.1 Å². The second-order valence-electron chi connectivity index (χ2n) is 4.20. The van der Waals surface area contributed by atoms with E-state index in [-0.39, 0.29) is 11.7 Å². The highest BCUT2D eigenvalue weighted by atomic mass is 19.1. The standard InChI is InChI=1S/C13H19F2NO/c1-3-6-16-8-10(2)9-17-13-5-4-11(14)7-12(13)15/h4-5,7,10,16H,3,6,8-9H2,1-2H3. The molecule has 0 amide bonds. The van der Waals surface area contributed by atoms with Crippen LogP contribution in [0.25, 0.3) is 0 Å². The van der Waals surface area contributed by atoms with E-state index in [2.05, 4.69) is 12.2 Å². The van der Waals surface area contributed by atoms with Gasteiger partial charge in [0, 0.05) is 18.5 Å². The molecule has 1 atom stereocenters. The molecular weight excluding hydrogens is 224 g/mol. The predicted molar refractivity (Wildman–Crippen MR) is 64.2 cm³/mol. The van der Waals surface area contributed by atoms with Crippen molar-refractivity contribution in [2.45, 2.75) is 20.3 Å². The molecule has 17 heavy (non-hydrogen) atoms. The molecule has 1 N–H and O–H groups in total. The molecule has 2 nitrogen and oxygen atoms in total. The minimum absolute atomic E-state index is 0.105. The molecule has 0 saturated carbocycles. The van der Waals surface area contributed by atoms with E-state index in [0.717, 1.165) is 25.6 Å². The summed E-state index contributed by atoms with van der Waals surface area (Å²) >= 11 is 0. The minimum Gasteiger partial charge on any atom is -0.490 e. The van der Waals surface area contributed by atoms with Crippen LogP contribution in [0.3, 0.4) is 0 Å². The molecule has 1 rings (SSSR count). The minimum atomic E-state index is -0.654. The second-order valence-corrected chi connectivity index (χ2v) is 4.20. The summed E-state index contributed by atoms with van der Waals surface area (Å²) in [7, 11) is 0. The first-order valence-corrected chi connectivity index (χ1v) is 5.92. The lowest BCUT2D eigenvalue weighted by molar-refractivity contribution is 0.245. The summed E-state index contributed by atoms with van der Waals surface area (Å²) in [4.78, 5) is 0. The van der Waals surface area contributed by atoms with Crippen LogP contribution >= 0.6 is 0 Å². The summed E-state index contributed by atoms with van der Waals surface area (Å²) in [5.74, 6) is -0.856. The van der Waals surface area contributed by atoms with Gasteiger partial charge in [0.2, 0.25) is 0 Å². The molecule has 0 aliphatic heterocycles. The number of hydrogen-bond donors (Lipinski definition) is 1. The lowest BCUT2D eigenvalue weighted by Gasteiger charge is -2.14. The molecular formula is C13H19F2NO. The van der Waals surface area contributed by atoms with E-state index in [1.807, 2.05) is 6.92 Å². The Bertz CT molecular complexity index is 344. The smallest absolute Gasteiger partial charge is 0.167 e. The SMILES string of the molecule is CCCNCC(C)COc1ccc(F)cc1F. The Balaban J connectivity index is 2.34. The Kier molecular flexibility index (Phi) is 5.91. The Morgan fingerprint density at radius 1 is 1.35 bits per heavy atom. The molecule has 0 aromatic heterocycles. The van der Waals surface area contributed by atoms with E-state index in [1.165, 1.54) is 12.1 Å². The van der Waals surface area contributed by atoms with Crippen molar-refractivity contribution in [2.24, 2.45) is 5.92 Å². The van der Waals surface area contributed by atoms with Crippen LogP contribution in [0.4, 0.5) is 8.78 Å². The first-order chi connectivity index (χ1) is 8.13. The first-order valence-electron chi connectivity index (χ1n) is 5.92.